The molecule has 0 aromatic heterocycles. The molecule has 0 spiro atoms. The van der Waals surface area contributed by atoms with E-state index >= 15 is 0 Å². The maximum Gasteiger partial charge on any atom is 0.00580 e. The molecule has 1 unspecified atom stereocenters. The monoisotopic (exact) mass is 239 g/mol. The summed E-state index contributed by atoms with van der Waals surface area (Å²) < 4.78 is 0. The third-order valence-corrected chi connectivity index (χ3v) is 2.84. The predicted molar refractivity (Wildman–Crippen MR) is 58.9 cm³/mol. The highest BCUT2D eigenvalue weighted by Gasteiger charge is 1.97. The van der Waals surface area contributed by atoms with Crippen LogP contribution in [0.1, 0.15) is 20.3 Å². The topological polar surface area (TPSA) is 12.0 Å². The maximum absolute atomic E-state index is 3.47. The van der Waals surface area contributed by atoms with Crippen molar-refractivity contribution in [3.05, 3.63) is 0 Å². The molecule has 0 saturated heterocycles. The van der Waals surface area contributed by atoms with Gasteiger partial charge in [-0.2, -0.15) is 11.8 Å². The van der Waals surface area contributed by atoms with Gasteiger partial charge in [0.2, 0.25) is 0 Å². The minimum Gasteiger partial charge on any atom is -0.313 e. The number of halogens is 1. The number of thioether (sulfide) groups is 1. The van der Waals surface area contributed by atoms with Gasteiger partial charge < -0.3 is 5.32 Å². The van der Waals surface area contributed by atoms with Crippen molar-refractivity contribution in [2.24, 2.45) is 0 Å². The van der Waals surface area contributed by atoms with Crippen LogP contribution >= 0.6 is 27.7 Å². The Hall–Kier alpha value is 0.790. The van der Waals surface area contributed by atoms with Crippen molar-refractivity contribution in [2.75, 3.05) is 23.4 Å². The quantitative estimate of drug-likeness (QED) is 0.542. The van der Waals surface area contributed by atoms with E-state index < -0.39 is 0 Å². The van der Waals surface area contributed by atoms with Crippen molar-refractivity contribution >= 4 is 27.7 Å². The Balaban J connectivity index is 2.97. The van der Waals surface area contributed by atoms with Crippen molar-refractivity contribution in [2.45, 2.75) is 26.3 Å². The Morgan fingerprint density at radius 1 is 1.55 bits per heavy atom. The van der Waals surface area contributed by atoms with E-state index in [0.717, 1.165) is 11.9 Å². The van der Waals surface area contributed by atoms with Crippen LogP contribution in [0.5, 0.6) is 0 Å². The summed E-state index contributed by atoms with van der Waals surface area (Å²) >= 11 is 5.42. The van der Waals surface area contributed by atoms with E-state index in [1.54, 1.807) is 0 Å². The Labute approximate surface area is 82.8 Å². The van der Waals surface area contributed by atoms with Crippen LogP contribution in [0, 0.1) is 0 Å². The normalized spacial score (nSPS) is 13.4. The number of alkyl halides is 1. The summed E-state index contributed by atoms with van der Waals surface area (Å²) in [7, 11) is 0. The first kappa shape index (κ1) is 11.8. The smallest absolute Gasteiger partial charge is 0.00580 e. The second-order valence-electron chi connectivity index (χ2n) is 2.53. The highest BCUT2D eigenvalue weighted by atomic mass is 79.9. The van der Waals surface area contributed by atoms with Crippen LogP contribution in [0.2, 0.25) is 0 Å². The van der Waals surface area contributed by atoms with Crippen LogP contribution in [-0.4, -0.2) is 29.4 Å². The van der Waals surface area contributed by atoms with Crippen LogP contribution in [0.3, 0.4) is 0 Å². The molecule has 0 heterocycles. The third-order valence-electron chi connectivity index (χ3n) is 1.49. The Bertz CT molecular complexity index is 80.5. The summed E-state index contributed by atoms with van der Waals surface area (Å²) in [5.74, 6) is 2.47. The van der Waals surface area contributed by atoms with Gasteiger partial charge in [-0.15, -0.1) is 0 Å². The zero-order chi connectivity index (χ0) is 8.53. The van der Waals surface area contributed by atoms with Gasteiger partial charge in [0.1, 0.15) is 0 Å². The van der Waals surface area contributed by atoms with Crippen LogP contribution in [-0.2, 0) is 0 Å². The molecular formula is C8H18BrNS. The van der Waals surface area contributed by atoms with Gasteiger partial charge >= 0.3 is 0 Å². The van der Waals surface area contributed by atoms with Gasteiger partial charge in [-0.25, -0.2) is 0 Å². The SMILES string of the molecule is CCSCCNC(C)CCBr. The van der Waals surface area contributed by atoms with Crippen molar-refractivity contribution in [3.8, 4) is 0 Å². The number of nitrogens with one attached hydrogen (secondary N) is 1. The highest BCUT2D eigenvalue weighted by molar-refractivity contribution is 9.09. The van der Waals surface area contributed by atoms with Gasteiger partial charge in [-0.05, 0) is 19.1 Å². The fourth-order valence-electron chi connectivity index (χ4n) is 0.788. The minimum absolute atomic E-state index is 0.659. The molecule has 11 heavy (non-hydrogen) atoms. The molecule has 1 nitrogen and oxygen atoms in total. The van der Waals surface area contributed by atoms with E-state index in [4.69, 9.17) is 0 Å². The molecular weight excluding hydrogens is 222 g/mol. The maximum atomic E-state index is 3.47. The zero-order valence-corrected chi connectivity index (χ0v) is 9.80. The summed E-state index contributed by atoms with van der Waals surface area (Å²) in [6.45, 7) is 5.58. The fraction of sp³-hybridized carbons (Fsp3) is 1.00. The minimum atomic E-state index is 0.659. The second-order valence-corrected chi connectivity index (χ2v) is 4.72. The van der Waals surface area contributed by atoms with Gasteiger partial charge in [-0.1, -0.05) is 22.9 Å². The summed E-state index contributed by atoms with van der Waals surface area (Å²) in [5.41, 5.74) is 0. The first-order chi connectivity index (χ1) is 5.31. The molecule has 0 aliphatic heterocycles. The molecule has 3 heteroatoms. The lowest BCUT2D eigenvalue weighted by Gasteiger charge is -2.11. The van der Waals surface area contributed by atoms with Gasteiger partial charge in [-0.3, -0.25) is 0 Å². The van der Waals surface area contributed by atoms with E-state index in [2.05, 4.69) is 35.1 Å². The Morgan fingerprint density at radius 3 is 2.82 bits per heavy atom. The number of hydrogen-bond donors (Lipinski definition) is 1. The molecule has 0 aliphatic rings. The predicted octanol–water partition coefficient (Wildman–Crippen LogP) is 2.50. The summed E-state index contributed by atoms with van der Waals surface area (Å²) in [5, 5.41) is 4.57. The average Bonchev–Trinajstić information content (AvgIpc) is 1.99. The molecule has 0 saturated carbocycles. The molecule has 0 aromatic rings. The first-order valence-electron chi connectivity index (χ1n) is 4.18. The lowest BCUT2D eigenvalue weighted by molar-refractivity contribution is 0.560. The zero-order valence-electron chi connectivity index (χ0n) is 7.40. The molecule has 0 aromatic carbocycles. The van der Waals surface area contributed by atoms with Gasteiger partial charge in [0.15, 0.2) is 0 Å². The van der Waals surface area contributed by atoms with E-state index in [0.29, 0.717) is 6.04 Å². The van der Waals surface area contributed by atoms with E-state index in [-0.39, 0.29) is 0 Å². The molecule has 0 amide bonds. The van der Waals surface area contributed by atoms with Crippen LogP contribution in [0.15, 0.2) is 0 Å². The van der Waals surface area contributed by atoms with Gasteiger partial charge in [0.25, 0.3) is 0 Å². The molecule has 1 N–H and O–H groups in total. The molecule has 0 rings (SSSR count). The fourth-order valence-corrected chi connectivity index (χ4v) is 2.03. The van der Waals surface area contributed by atoms with Crippen LogP contribution in [0.25, 0.3) is 0 Å². The van der Waals surface area contributed by atoms with Crippen molar-refractivity contribution in [1.82, 2.24) is 5.32 Å². The molecule has 0 fully saturated rings. The molecule has 68 valence electrons. The van der Waals surface area contributed by atoms with E-state index in [1.807, 2.05) is 11.8 Å². The van der Waals surface area contributed by atoms with Crippen LogP contribution < -0.4 is 5.32 Å². The van der Waals surface area contributed by atoms with Crippen molar-refractivity contribution in [3.63, 3.8) is 0 Å². The van der Waals surface area contributed by atoms with Crippen molar-refractivity contribution < 1.29 is 0 Å². The molecule has 0 bridgehead atoms. The molecule has 0 aliphatic carbocycles. The largest absolute Gasteiger partial charge is 0.313 e. The molecule has 1 atom stereocenters. The molecule has 0 radical (unpaired) electrons. The number of rotatable bonds is 7. The second kappa shape index (κ2) is 8.88. The summed E-state index contributed by atoms with van der Waals surface area (Å²) in [6, 6.07) is 0.659. The standard InChI is InChI=1S/C8H18BrNS/c1-3-11-7-6-10-8(2)4-5-9/h8,10H,3-7H2,1-2H3. The van der Waals surface area contributed by atoms with Gasteiger partial charge in [0.05, 0.1) is 0 Å². The van der Waals surface area contributed by atoms with E-state index in [1.165, 1.54) is 17.9 Å². The highest BCUT2D eigenvalue weighted by Crippen LogP contribution is 1.98. The summed E-state index contributed by atoms with van der Waals surface area (Å²) in [4.78, 5) is 0. The first-order valence-corrected chi connectivity index (χ1v) is 6.46. The van der Waals surface area contributed by atoms with Crippen molar-refractivity contribution in [1.29, 1.82) is 0 Å². The lowest BCUT2D eigenvalue weighted by Crippen LogP contribution is -2.28. The van der Waals surface area contributed by atoms with E-state index in [9.17, 15) is 0 Å². The lowest BCUT2D eigenvalue weighted by atomic mass is 10.3. The average molecular weight is 240 g/mol. The van der Waals surface area contributed by atoms with Gasteiger partial charge in [0, 0.05) is 23.7 Å². The van der Waals surface area contributed by atoms with Crippen LogP contribution in [0.4, 0.5) is 0 Å². The number of hydrogen-bond acceptors (Lipinski definition) is 2. The Kier molecular flexibility index (Phi) is 9.52. The third kappa shape index (κ3) is 8.70. The summed E-state index contributed by atoms with van der Waals surface area (Å²) in [6.07, 6.45) is 1.22. The Morgan fingerprint density at radius 2 is 2.27 bits per heavy atom.